The smallest absolute Gasteiger partial charge is 0.220 e. The van der Waals surface area contributed by atoms with Gasteiger partial charge in [-0.1, -0.05) is 20.8 Å². The van der Waals surface area contributed by atoms with Crippen LogP contribution in [0.4, 0.5) is 0 Å². The first-order chi connectivity index (χ1) is 3.95. The van der Waals surface area contributed by atoms with Gasteiger partial charge >= 0.3 is 0 Å². The number of carbonyl (C=O) groups is 1. The predicted molar refractivity (Wildman–Crippen MR) is 45.4 cm³/mol. The topological polar surface area (TPSA) is 29.1 Å². The van der Waals surface area contributed by atoms with Gasteiger partial charge in [0.15, 0.2) is 0 Å². The Kier molecular flexibility index (Phi) is 5.67. The Hall–Kier alpha value is -0.240. The van der Waals surface area contributed by atoms with Crippen LogP contribution in [0, 0.1) is 5.41 Å². The van der Waals surface area contributed by atoms with Crippen LogP contribution >= 0.6 is 12.4 Å². The molecule has 0 rings (SSSR count). The molecule has 0 unspecified atom stereocenters. The van der Waals surface area contributed by atoms with Crippen LogP contribution in [0.2, 0.25) is 0 Å². The molecule has 0 aliphatic carbocycles. The monoisotopic (exact) mass is 165 g/mol. The molecule has 0 atom stereocenters. The SMILES string of the molecule is CNC(=O)CC(C)(C)C.Cl. The molecule has 0 radical (unpaired) electrons. The summed E-state index contributed by atoms with van der Waals surface area (Å²) < 4.78 is 0. The van der Waals surface area contributed by atoms with E-state index in [2.05, 4.69) is 5.32 Å². The van der Waals surface area contributed by atoms with Crippen molar-refractivity contribution in [1.29, 1.82) is 0 Å². The fourth-order valence-corrected chi connectivity index (χ4v) is 0.570. The Morgan fingerprint density at radius 1 is 1.40 bits per heavy atom. The van der Waals surface area contributed by atoms with Gasteiger partial charge in [-0.15, -0.1) is 12.4 Å². The minimum Gasteiger partial charge on any atom is -0.359 e. The fourth-order valence-electron chi connectivity index (χ4n) is 0.570. The summed E-state index contributed by atoms with van der Waals surface area (Å²) >= 11 is 0. The van der Waals surface area contributed by atoms with Gasteiger partial charge in [-0.25, -0.2) is 0 Å². The van der Waals surface area contributed by atoms with E-state index in [1.54, 1.807) is 7.05 Å². The van der Waals surface area contributed by atoms with Crippen LogP contribution in [0.1, 0.15) is 27.2 Å². The third kappa shape index (κ3) is 7.76. The van der Waals surface area contributed by atoms with E-state index in [0.717, 1.165) is 0 Å². The van der Waals surface area contributed by atoms with Gasteiger partial charge in [-0.2, -0.15) is 0 Å². The summed E-state index contributed by atoms with van der Waals surface area (Å²) in [5.41, 5.74) is 0.111. The Bertz CT molecular complexity index is 107. The second kappa shape index (κ2) is 4.56. The third-order valence-electron chi connectivity index (χ3n) is 0.970. The lowest BCUT2D eigenvalue weighted by Gasteiger charge is -2.15. The van der Waals surface area contributed by atoms with Gasteiger partial charge in [0.05, 0.1) is 0 Å². The summed E-state index contributed by atoms with van der Waals surface area (Å²) in [6, 6.07) is 0. The van der Waals surface area contributed by atoms with Gasteiger partial charge in [-0.3, -0.25) is 4.79 Å². The van der Waals surface area contributed by atoms with Crippen molar-refractivity contribution in [2.45, 2.75) is 27.2 Å². The van der Waals surface area contributed by atoms with Gasteiger partial charge < -0.3 is 5.32 Å². The quantitative estimate of drug-likeness (QED) is 0.628. The van der Waals surface area contributed by atoms with Crippen LogP contribution < -0.4 is 5.32 Å². The molecule has 0 fully saturated rings. The van der Waals surface area contributed by atoms with E-state index in [1.807, 2.05) is 20.8 Å². The molecule has 1 amide bonds. The number of halogens is 1. The zero-order valence-corrected chi connectivity index (χ0v) is 7.84. The molecule has 62 valence electrons. The summed E-state index contributed by atoms with van der Waals surface area (Å²) in [6.07, 6.45) is 0.601. The largest absolute Gasteiger partial charge is 0.359 e. The molecule has 10 heavy (non-hydrogen) atoms. The van der Waals surface area contributed by atoms with E-state index in [9.17, 15) is 4.79 Å². The maximum Gasteiger partial charge on any atom is 0.220 e. The fraction of sp³-hybridized carbons (Fsp3) is 0.857. The van der Waals surface area contributed by atoms with E-state index in [-0.39, 0.29) is 23.7 Å². The maximum absolute atomic E-state index is 10.7. The Morgan fingerprint density at radius 3 is 1.90 bits per heavy atom. The second-order valence-electron chi connectivity index (χ2n) is 3.41. The minimum atomic E-state index is 0. The molecule has 0 aliphatic heterocycles. The van der Waals surface area contributed by atoms with E-state index < -0.39 is 0 Å². The second-order valence-corrected chi connectivity index (χ2v) is 3.41. The lowest BCUT2D eigenvalue weighted by atomic mass is 9.92. The number of hydrogen-bond donors (Lipinski definition) is 1. The van der Waals surface area contributed by atoms with Crippen molar-refractivity contribution in [1.82, 2.24) is 5.32 Å². The molecule has 0 aromatic rings. The molecular weight excluding hydrogens is 150 g/mol. The molecule has 0 aliphatic rings. The van der Waals surface area contributed by atoms with Crippen molar-refractivity contribution in [3.05, 3.63) is 0 Å². The predicted octanol–water partition coefficient (Wildman–Crippen LogP) is 1.59. The van der Waals surface area contributed by atoms with Crippen LogP contribution in [0.25, 0.3) is 0 Å². The summed E-state index contributed by atoms with van der Waals surface area (Å²) in [5, 5.41) is 2.58. The van der Waals surface area contributed by atoms with Gasteiger partial charge in [0.25, 0.3) is 0 Å². The maximum atomic E-state index is 10.7. The Labute approximate surface area is 68.8 Å². The standard InChI is InChI=1S/C7H15NO.ClH/c1-7(2,3)5-6(9)8-4;/h5H2,1-4H3,(H,8,9);1H. The van der Waals surface area contributed by atoms with Crippen LogP contribution in [0.3, 0.4) is 0 Å². The highest BCUT2D eigenvalue weighted by Crippen LogP contribution is 2.17. The van der Waals surface area contributed by atoms with Crippen LogP contribution in [0.5, 0.6) is 0 Å². The summed E-state index contributed by atoms with van der Waals surface area (Å²) in [6.45, 7) is 6.13. The molecule has 0 bridgehead atoms. The zero-order valence-electron chi connectivity index (χ0n) is 7.02. The Balaban J connectivity index is 0. The van der Waals surface area contributed by atoms with Crippen LogP contribution in [-0.4, -0.2) is 13.0 Å². The average molecular weight is 166 g/mol. The molecule has 0 heterocycles. The van der Waals surface area contributed by atoms with Crippen molar-refractivity contribution >= 4 is 18.3 Å². The molecule has 0 spiro atoms. The highest BCUT2D eigenvalue weighted by atomic mass is 35.5. The molecule has 0 saturated carbocycles. The molecular formula is C7H16ClNO. The van der Waals surface area contributed by atoms with Gasteiger partial charge in [0.1, 0.15) is 0 Å². The summed E-state index contributed by atoms with van der Waals surface area (Å²) in [5.74, 6) is 0.113. The summed E-state index contributed by atoms with van der Waals surface area (Å²) in [4.78, 5) is 10.7. The van der Waals surface area contributed by atoms with E-state index in [1.165, 1.54) is 0 Å². The van der Waals surface area contributed by atoms with Crippen LogP contribution in [0.15, 0.2) is 0 Å². The lowest BCUT2D eigenvalue weighted by molar-refractivity contribution is -0.122. The van der Waals surface area contributed by atoms with Gasteiger partial charge in [0, 0.05) is 13.5 Å². The van der Waals surface area contributed by atoms with Crippen molar-refractivity contribution in [3.63, 3.8) is 0 Å². The zero-order chi connectivity index (χ0) is 7.49. The van der Waals surface area contributed by atoms with Crippen molar-refractivity contribution in [2.75, 3.05) is 7.05 Å². The first kappa shape index (κ1) is 12.4. The molecule has 1 N–H and O–H groups in total. The van der Waals surface area contributed by atoms with Crippen LogP contribution in [-0.2, 0) is 4.79 Å². The minimum absolute atomic E-state index is 0. The summed E-state index contributed by atoms with van der Waals surface area (Å²) in [7, 11) is 1.66. The first-order valence-electron chi connectivity index (χ1n) is 3.16. The molecule has 3 heteroatoms. The van der Waals surface area contributed by atoms with Crippen molar-refractivity contribution in [2.24, 2.45) is 5.41 Å². The number of rotatable bonds is 1. The highest BCUT2D eigenvalue weighted by molar-refractivity contribution is 5.85. The first-order valence-corrected chi connectivity index (χ1v) is 3.16. The highest BCUT2D eigenvalue weighted by Gasteiger charge is 2.13. The average Bonchev–Trinajstić information content (AvgIpc) is 1.62. The Morgan fingerprint density at radius 2 is 1.80 bits per heavy atom. The number of nitrogens with one attached hydrogen (secondary N) is 1. The normalized spacial score (nSPS) is 10.0. The molecule has 2 nitrogen and oxygen atoms in total. The number of hydrogen-bond acceptors (Lipinski definition) is 1. The molecule has 0 aromatic heterocycles. The van der Waals surface area contributed by atoms with E-state index >= 15 is 0 Å². The third-order valence-corrected chi connectivity index (χ3v) is 0.970. The molecule has 0 aromatic carbocycles. The van der Waals surface area contributed by atoms with E-state index in [0.29, 0.717) is 6.42 Å². The lowest BCUT2D eigenvalue weighted by Crippen LogP contribution is -2.23. The number of carbonyl (C=O) groups excluding carboxylic acids is 1. The molecule has 0 saturated heterocycles. The number of amides is 1. The van der Waals surface area contributed by atoms with Crippen molar-refractivity contribution < 1.29 is 4.79 Å². The van der Waals surface area contributed by atoms with Gasteiger partial charge in [0.2, 0.25) is 5.91 Å². The van der Waals surface area contributed by atoms with E-state index in [4.69, 9.17) is 0 Å². The van der Waals surface area contributed by atoms with Gasteiger partial charge in [-0.05, 0) is 5.41 Å². The van der Waals surface area contributed by atoms with Crippen molar-refractivity contribution in [3.8, 4) is 0 Å².